The highest BCUT2D eigenvalue weighted by atomic mass is 32.2. The minimum absolute atomic E-state index is 0.00549. The average Bonchev–Trinajstić information content (AvgIpc) is 3.37. The lowest BCUT2D eigenvalue weighted by molar-refractivity contribution is -0.155. The molecule has 2 N–H and O–H groups in total. The normalized spacial score (nSPS) is 14.9. The number of likely N-dealkylation sites (tertiary alicyclic amines) is 1. The van der Waals surface area contributed by atoms with Crippen molar-refractivity contribution < 1.29 is 38.9 Å². The van der Waals surface area contributed by atoms with Gasteiger partial charge < -0.3 is 24.6 Å². The maximum Gasteiger partial charge on any atom is 0.319 e. The summed E-state index contributed by atoms with van der Waals surface area (Å²) in [4.78, 5) is 51.5. The van der Waals surface area contributed by atoms with Crippen LogP contribution in [0.15, 0.2) is 0 Å². The first kappa shape index (κ1) is 39.7. The Morgan fingerprint density at radius 2 is 1.58 bits per heavy atom. The smallest absolute Gasteiger partial charge is 0.319 e. The van der Waals surface area contributed by atoms with Crippen LogP contribution in [0.4, 0.5) is 0 Å². The zero-order valence-corrected chi connectivity index (χ0v) is 28.8. The summed E-state index contributed by atoms with van der Waals surface area (Å²) in [6.45, 7) is 5.64. The number of unbranched alkanes of at least 4 members (excludes halogenated alkanes) is 9. The van der Waals surface area contributed by atoms with Crippen molar-refractivity contribution in [1.29, 1.82) is 0 Å². The van der Waals surface area contributed by atoms with Gasteiger partial charge in [0.2, 0.25) is 5.91 Å². The van der Waals surface area contributed by atoms with Gasteiger partial charge in [-0.1, -0.05) is 88.7 Å². The summed E-state index contributed by atoms with van der Waals surface area (Å²) >= 11 is 8.20. The van der Waals surface area contributed by atoms with E-state index in [1.54, 1.807) is 4.90 Å². The Kier molecular flexibility index (Phi) is 21.2. The van der Waals surface area contributed by atoms with E-state index < -0.39 is 34.5 Å². The van der Waals surface area contributed by atoms with Crippen molar-refractivity contribution in [2.45, 2.75) is 116 Å². The molecular formula is C31H53NO8S3. The predicted octanol–water partition coefficient (Wildman–Crippen LogP) is 6.24. The second kappa shape index (κ2) is 23.0. The summed E-state index contributed by atoms with van der Waals surface area (Å²) in [5, 5.41) is 18.0. The minimum Gasteiger partial charge on any atom is -0.481 e. The Labute approximate surface area is 272 Å². The van der Waals surface area contributed by atoms with Crippen LogP contribution in [0.2, 0.25) is 0 Å². The van der Waals surface area contributed by atoms with Crippen LogP contribution in [0.1, 0.15) is 111 Å². The van der Waals surface area contributed by atoms with Crippen molar-refractivity contribution in [2.75, 3.05) is 38.7 Å². The molecule has 1 fully saturated rings. The number of aliphatic hydroxyl groups is 1. The van der Waals surface area contributed by atoms with Gasteiger partial charge in [-0.25, -0.2) is 0 Å². The highest BCUT2D eigenvalue weighted by molar-refractivity contribution is 8.47. The molecule has 12 heteroatoms. The van der Waals surface area contributed by atoms with Crippen molar-refractivity contribution in [2.24, 2.45) is 11.3 Å². The summed E-state index contributed by atoms with van der Waals surface area (Å²) < 4.78 is 11.2. The number of carboxylic acid groups (broad SMARTS) is 1. The largest absolute Gasteiger partial charge is 0.481 e. The Hall–Kier alpha value is -1.37. The third kappa shape index (κ3) is 17.6. The van der Waals surface area contributed by atoms with Crippen LogP contribution in [-0.2, 0) is 28.7 Å². The third-order valence-electron chi connectivity index (χ3n) is 7.50. The molecule has 0 aromatic rings. The molecule has 9 nitrogen and oxygen atoms in total. The zero-order valence-electron chi connectivity index (χ0n) is 26.3. The topological polar surface area (TPSA) is 130 Å². The Bertz CT molecular complexity index is 870. The Morgan fingerprint density at radius 1 is 0.977 bits per heavy atom. The van der Waals surface area contributed by atoms with Crippen molar-refractivity contribution in [3.05, 3.63) is 0 Å². The number of aliphatic hydroxyl groups excluding tert-OH is 1. The number of amides is 1. The number of carbonyl (C=O) groups excluding carboxylic acids is 3. The highest BCUT2D eigenvalue weighted by Gasteiger charge is 2.38. The number of esters is 2. The Balaban J connectivity index is 2.70. The molecule has 43 heavy (non-hydrogen) atoms. The molecule has 1 rings (SSSR count). The molecule has 1 saturated heterocycles. The molecule has 1 aliphatic heterocycles. The number of carbonyl (C=O) groups is 4. The summed E-state index contributed by atoms with van der Waals surface area (Å²) in [5.41, 5.74) is -1.25. The first-order valence-electron chi connectivity index (χ1n) is 15.8. The van der Waals surface area contributed by atoms with E-state index in [-0.39, 0.29) is 45.1 Å². The molecule has 1 amide bonds. The van der Waals surface area contributed by atoms with E-state index in [4.69, 9.17) is 26.8 Å². The predicted molar refractivity (Wildman–Crippen MR) is 177 cm³/mol. The van der Waals surface area contributed by atoms with Gasteiger partial charge in [0.05, 0.1) is 24.5 Å². The minimum atomic E-state index is -1.25. The Morgan fingerprint density at radius 3 is 2.14 bits per heavy atom. The van der Waals surface area contributed by atoms with Crippen molar-refractivity contribution in [1.82, 2.24) is 4.90 Å². The van der Waals surface area contributed by atoms with E-state index in [0.717, 1.165) is 36.8 Å². The molecule has 0 saturated carbocycles. The number of nitrogens with zero attached hydrogens (tertiary/aromatic N) is 1. The summed E-state index contributed by atoms with van der Waals surface area (Å²) in [7, 11) is 0. The molecule has 1 heterocycles. The van der Waals surface area contributed by atoms with Gasteiger partial charge in [-0.2, -0.15) is 0 Å². The van der Waals surface area contributed by atoms with Gasteiger partial charge in [0.15, 0.2) is 0 Å². The fraction of sp³-hybridized carbons (Fsp3) is 0.839. The van der Waals surface area contributed by atoms with Crippen LogP contribution in [0.3, 0.4) is 0 Å². The molecule has 0 radical (unpaired) electrons. The van der Waals surface area contributed by atoms with Crippen molar-refractivity contribution in [3.8, 4) is 0 Å². The van der Waals surface area contributed by atoms with Gasteiger partial charge in [0, 0.05) is 13.0 Å². The third-order valence-corrected chi connectivity index (χ3v) is 10.4. The van der Waals surface area contributed by atoms with Crippen LogP contribution in [0.5, 0.6) is 0 Å². The summed E-state index contributed by atoms with van der Waals surface area (Å²) in [5.74, 6) is -2.36. The molecule has 2 unspecified atom stereocenters. The van der Waals surface area contributed by atoms with Crippen molar-refractivity contribution in [3.63, 3.8) is 0 Å². The molecular weight excluding hydrogens is 611 g/mol. The lowest BCUT2D eigenvalue weighted by Gasteiger charge is -2.27. The first-order chi connectivity index (χ1) is 20.5. The standard InChI is InChI=1S/C31H53NO8S3/c1-4-5-6-7-8-9-10-11-12-13-21-42-30(41)43-25(28(36)40-20-18-33)22-24(23-31(2,3)29(37)38)27(35)39-19-17-32-16-14-15-26(32)34/h24-25,33H,4-23H2,1-3H3,(H,37,38). The van der Waals surface area contributed by atoms with Crippen LogP contribution < -0.4 is 0 Å². The van der Waals surface area contributed by atoms with Crippen LogP contribution in [0.25, 0.3) is 0 Å². The number of thioether (sulfide) groups is 2. The number of hydrogen-bond donors (Lipinski definition) is 2. The van der Waals surface area contributed by atoms with Gasteiger partial charge in [-0.3, -0.25) is 19.2 Å². The lowest BCUT2D eigenvalue weighted by Crippen LogP contribution is -2.36. The quantitative estimate of drug-likeness (QED) is 0.0692. The van der Waals surface area contributed by atoms with Crippen molar-refractivity contribution >= 4 is 63.1 Å². The van der Waals surface area contributed by atoms with Gasteiger partial charge in [0.25, 0.3) is 0 Å². The molecule has 2 atom stereocenters. The molecule has 0 aromatic carbocycles. The van der Waals surface area contributed by atoms with Crippen LogP contribution >= 0.6 is 35.7 Å². The number of hydrogen-bond acceptors (Lipinski definition) is 10. The van der Waals surface area contributed by atoms with Crippen LogP contribution in [0, 0.1) is 11.3 Å². The SMILES string of the molecule is CCCCCCCCCCCCSC(=S)SC(CC(CC(C)(C)C(=O)O)C(=O)OCCN1CCCC1=O)C(=O)OCCO. The maximum absolute atomic E-state index is 13.2. The monoisotopic (exact) mass is 663 g/mol. The second-order valence-corrected chi connectivity index (χ2v) is 15.3. The zero-order chi connectivity index (χ0) is 32.1. The molecule has 0 aromatic heterocycles. The number of thiocarbonyl (C=S) groups is 1. The van der Waals surface area contributed by atoms with Gasteiger partial charge in [0.1, 0.15) is 22.0 Å². The summed E-state index contributed by atoms with van der Waals surface area (Å²) in [6, 6.07) is 0. The molecule has 0 bridgehead atoms. The number of rotatable bonds is 24. The molecule has 1 aliphatic rings. The fourth-order valence-electron chi connectivity index (χ4n) is 4.87. The van der Waals surface area contributed by atoms with E-state index in [1.165, 1.54) is 77.0 Å². The first-order valence-corrected chi connectivity index (χ1v) is 18.1. The molecule has 0 spiro atoms. The van der Waals surface area contributed by atoms with E-state index >= 15 is 0 Å². The van der Waals surface area contributed by atoms with Gasteiger partial charge >= 0.3 is 17.9 Å². The summed E-state index contributed by atoms with van der Waals surface area (Å²) in [6.07, 6.45) is 13.6. The second-order valence-electron chi connectivity index (χ2n) is 11.8. The van der Waals surface area contributed by atoms with E-state index in [2.05, 4.69) is 6.92 Å². The number of aliphatic carboxylic acids is 1. The van der Waals surface area contributed by atoms with E-state index in [1.807, 2.05) is 0 Å². The lowest BCUT2D eigenvalue weighted by atomic mass is 9.81. The van der Waals surface area contributed by atoms with Gasteiger partial charge in [-0.15, -0.1) is 11.8 Å². The number of carboxylic acids is 1. The fourth-order valence-corrected chi connectivity index (χ4v) is 7.58. The molecule has 248 valence electrons. The number of ether oxygens (including phenoxy) is 2. The average molecular weight is 664 g/mol. The highest BCUT2D eigenvalue weighted by Crippen LogP contribution is 2.34. The van der Waals surface area contributed by atoms with Crippen LogP contribution in [-0.4, -0.2) is 86.4 Å². The molecule has 0 aliphatic carbocycles. The van der Waals surface area contributed by atoms with E-state index in [0.29, 0.717) is 16.5 Å². The van der Waals surface area contributed by atoms with E-state index in [9.17, 15) is 24.3 Å². The van der Waals surface area contributed by atoms with Gasteiger partial charge in [-0.05, 0) is 45.3 Å². The maximum atomic E-state index is 13.2.